The van der Waals surface area contributed by atoms with Crippen LogP contribution >= 0.6 is 0 Å². The van der Waals surface area contributed by atoms with Crippen LogP contribution in [-0.4, -0.2) is 42.5 Å². The zero-order chi connectivity index (χ0) is 13.4. The predicted molar refractivity (Wildman–Crippen MR) is 75.6 cm³/mol. The summed E-state index contributed by atoms with van der Waals surface area (Å²) in [4.78, 5) is 15.0. The van der Waals surface area contributed by atoms with Crippen molar-refractivity contribution >= 4 is 5.91 Å². The average Bonchev–Trinajstić information content (AvgIpc) is 2.39. The van der Waals surface area contributed by atoms with E-state index in [0.29, 0.717) is 18.0 Å². The molecule has 4 rings (SSSR count). The number of nitrogens with two attached hydrogens (primary N) is 1. The van der Waals surface area contributed by atoms with Crippen LogP contribution in [0.2, 0.25) is 0 Å². The fourth-order valence-corrected chi connectivity index (χ4v) is 4.25. The van der Waals surface area contributed by atoms with Gasteiger partial charge in [0.25, 0.3) is 0 Å². The van der Waals surface area contributed by atoms with Crippen LogP contribution < -0.4 is 11.1 Å². The molecule has 108 valence electrons. The van der Waals surface area contributed by atoms with Crippen LogP contribution in [0, 0.1) is 17.8 Å². The number of nitrogens with zero attached hydrogens (tertiary/aromatic N) is 1. The minimum absolute atomic E-state index is 0.190. The lowest BCUT2D eigenvalue weighted by molar-refractivity contribution is -0.129. The van der Waals surface area contributed by atoms with E-state index in [2.05, 4.69) is 17.1 Å². The van der Waals surface area contributed by atoms with Crippen molar-refractivity contribution in [3.63, 3.8) is 0 Å². The Morgan fingerprint density at radius 1 is 1.21 bits per heavy atom. The Balaban J connectivity index is 1.56. The molecule has 4 heteroatoms. The Kier molecular flexibility index (Phi) is 3.81. The first kappa shape index (κ1) is 13.4. The van der Waals surface area contributed by atoms with Crippen molar-refractivity contribution < 1.29 is 4.79 Å². The number of carbonyl (C=O) groups is 1. The highest BCUT2D eigenvalue weighted by molar-refractivity contribution is 5.79. The van der Waals surface area contributed by atoms with Gasteiger partial charge in [-0.3, -0.25) is 4.79 Å². The van der Waals surface area contributed by atoms with Gasteiger partial charge in [0.1, 0.15) is 0 Å². The molecule has 1 amide bonds. The zero-order valence-corrected chi connectivity index (χ0v) is 12.0. The maximum atomic E-state index is 12.5. The van der Waals surface area contributed by atoms with Gasteiger partial charge in [0, 0.05) is 24.5 Å². The van der Waals surface area contributed by atoms with E-state index in [1.54, 1.807) is 0 Å². The van der Waals surface area contributed by atoms with E-state index in [9.17, 15) is 4.79 Å². The highest BCUT2D eigenvalue weighted by atomic mass is 16.2. The maximum Gasteiger partial charge on any atom is 0.223 e. The number of piperidine rings is 3. The first-order valence-corrected chi connectivity index (χ1v) is 7.92. The number of fused-ring (bicyclic) bond motifs is 3. The van der Waals surface area contributed by atoms with Gasteiger partial charge in [0.05, 0.1) is 0 Å². The molecule has 0 aromatic carbocycles. The van der Waals surface area contributed by atoms with Crippen molar-refractivity contribution in [3.05, 3.63) is 0 Å². The summed E-state index contributed by atoms with van der Waals surface area (Å²) in [5.74, 6) is 1.63. The van der Waals surface area contributed by atoms with Gasteiger partial charge < -0.3 is 16.0 Å². The third kappa shape index (κ3) is 2.79. The minimum atomic E-state index is 0.190. The lowest BCUT2D eigenvalue weighted by Gasteiger charge is -2.45. The molecule has 2 bridgehead atoms. The molecule has 4 nitrogen and oxygen atoms in total. The zero-order valence-electron chi connectivity index (χ0n) is 12.0. The minimum Gasteiger partial charge on any atom is -0.352 e. The van der Waals surface area contributed by atoms with Crippen LogP contribution in [-0.2, 0) is 4.79 Å². The van der Waals surface area contributed by atoms with E-state index in [0.717, 1.165) is 31.7 Å². The summed E-state index contributed by atoms with van der Waals surface area (Å²) in [6.07, 6.45) is 5.49. The molecular weight excluding hydrogens is 238 g/mol. The van der Waals surface area contributed by atoms with Crippen molar-refractivity contribution in [2.75, 3.05) is 19.6 Å². The Morgan fingerprint density at radius 2 is 1.95 bits per heavy atom. The van der Waals surface area contributed by atoms with E-state index >= 15 is 0 Å². The Bertz CT molecular complexity index is 338. The van der Waals surface area contributed by atoms with Gasteiger partial charge in [-0.2, -0.15) is 0 Å². The van der Waals surface area contributed by atoms with Crippen molar-refractivity contribution in [2.24, 2.45) is 23.5 Å². The molecule has 0 spiro atoms. The summed E-state index contributed by atoms with van der Waals surface area (Å²) in [5, 5.41) is 3.34. The summed E-state index contributed by atoms with van der Waals surface area (Å²) in [6.45, 7) is 5.70. The first-order valence-electron chi connectivity index (χ1n) is 7.92. The number of nitrogens with one attached hydrogen (secondary N) is 1. The largest absolute Gasteiger partial charge is 0.352 e. The molecular formula is C15H27N3O. The molecule has 3 saturated heterocycles. The van der Waals surface area contributed by atoms with Gasteiger partial charge in [-0.1, -0.05) is 6.92 Å². The Labute approximate surface area is 116 Å². The van der Waals surface area contributed by atoms with Gasteiger partial charge in [0.15, 0.2) is 0 Å². The number of amides is 1. The smallest absolute Gasteiger partial charge is 0.223 e. The van der Waals surface area contributed by atoms with Gasteiger partial charge in [-0.15, -0.1) is 0 Å². The van der Waals surface area contributed by atoms with Crippen LogP contribution in [0.1, 0.15) is 39.0 Å². The molecule has 3 heterocycles. The molecule has 4 unspecified atom stereocenters. The van der Waals surface area contributed by atoms with Crippen LogP contribution in [0.3, 0.4) is 0 Å². The van der Waals surface area contributed by atoms with E-state index in [1.807, 2.05) is 0 Å². The molecule has 3 N–H and O–H groups in total. The highest BCUT2D eigenvalue weighted by Gasteiger charge is 2.37. The number of hydrogen-bond donors (Lipinski definition) is 2. The Morgan fingerprint density at radius 3 is 2.53 bits per heavy atom. The Hall–Kier alpha value is -0.610. The molecule has 0 aromatic heterocycles. The second-order valence-corrected chi connectivity index (χ2v) is 6.91. The summed E-state index contributed by atoms with van der Waals surface area (Å²) in [6, 6.07) is 0.702. The van der Waals surface area contributed by atoms with Crippen LogP contribution in [0.5, 0.6) is 0 Å². The van der Waals surface area contributed by atoms with Crippen LogP contribution in [0.4, 0.5) is 0 Å². The van der Waals surface area contributed by atoms with Crippen LogP contribution in [0.25, 0.3) is 0 Å². The monoisotopic (exact) mass is 265 g/mol. The van der Waals surface area contributed by atoms with Crippen molar-refractivity contribution in [2.45, 2.75) is 51.1 Å². The molecule has 4 aliphatic rings. The normalized spacial score (nSPS) is 46.0. The summed E-state index contributed by atoms with van der Waals surface area (Å²) >= 11 is 0. The fraction of sp³-hybridized carbons (Fsp3) is 0.933. The van der Waals surface area contributed by atoms with Gasteiger partial charge in [0.2, 0.25) is 5.91 Å². The SMILES string of the molecule is CC1CC(N)CCC1C(=O)NC1CN2CCC1CC2. The predicted octanol–water partition coefficient (Wildman–Crippen LogP) is 0.960. The molecule has 3 aliphatic heterocycles. The average molecular weight is 265 g/mol. The first-order chi connectivity index (χ1) is 9.13. The lowest BCUT2D eigenvalue weighted by Crippen LogP contribution is -2.58. The van der Waals surface area contributed by atoms with Crippen molar-refractivity contribution in [1.29, 1.82) is 0 Å². The summed E-state index contributed by atoms with van der Waals surface area (Å²) in [5.41, 5.74) is 5.98. The third-order valence-corrected chi connectivity index (χ3v) is 5.53. The summed E-state index contributed by atoms with van der Waals surface area (Å²) < 4.78 is 0. The van der Waals surface area contributed by atoms with Gasteiger partial charge >= 0.3 is 0 Å². The second kappa shape index (κ2) is 5.41. The van der Waals surface area contributed by atoms with E-state index in [1.165, 1.54) is 25.9 Å². The van der Waals surface area contributed by atoms with Crippen LogP contribution in [0.15, 0.2) is 0 Å². The third-order valence-electron chi connectivity index (χ3n) is 5.53. The van der Waals surface area contributed by atoms with Gasteiger partial charge in [-0.05, 0) is 57.0 Å². The highest BCUT2D eigenvalue weighted by Crippen LogP contribution is 2.31. The molecule has 1 aliphatic carbocycles. The van der Waals surface area contributed by atoms with E-state index in [4.69, 9.17) is 5.73 Å². The number of carbonyl (C=O) groups excluding carboxylic acids is 1. The molecule has 0 radical (unpaired) electrons. The quantitative estimate of drug-likeness (QED) is 0.782. The number of rotatable bonds is 2. The fourth-order valence-electron chi connectivity index (χ4n) is 4.25. The molecule has 4 fully saturated rings. The second-order valence-electron chi connectivity index (χ2n) is 6.91. The maximum absolute atomic E-state index is 12.5. The molecule has 19 heavy (non-hydrogen) atoms. The molecule has 0 aromatic rings. The summed E-state index contributed by atoms with van der Waals surface area (Å²) in [7, 11) is 0. The number of hydrogen-bond acceptors (Lipinski definition) is 3. The standard InChI is InChI=1S/C15H27N3O/c1-10-8-12(16)2-3-13(10)15(19)17-14-9-18-6-4-11(14)5-7-18/h10-14H,2-9,16H2,1H3,(H,17,19). The van der Waals surface area contributed by atoms with Gasteiger partial charge in [-0.25, -0.2) is 0 Å². The van der Waals surface area contributed by atoms with E-state index in [-0.39, 0.29) is 11.8 Å². The lowest BCUT2D eigenvalue weighted by atomic mass is 9.77. The van der Waals surface area contributed by atoms with Crippen molar-refractivity contribution in [3.8, 4) is 0 Å². The topological polar surface area (TPSA) is 58.4 Å². The molecule has 1 saturated carbocycles. The van der Waals surface area contributed by atoms with E-state index < -0.39 is 0 Å². The molecule has 4 atom stereocenters. The van der Waals surface area contributed by atoms with Crippen molar-refractivity contribution in [1.82, 2.24) is 10.2 Å².